The Morgan fingerprint density at radius 3 is 1.55 bits per heavy atom. The molecule has 0 aliphatic carbocycles. The molecule has 0 amide bonds. The third-order valence-corrected chi connectivity index (χ3v) is 5.32. The van der Waals surface area contributed by atoms with Gasteiger partial charge in [0.05, 0.1) is 7.11 Å². The van der Waals surface area contributed by atoms with Gasteiger partial charge in [-0.1, -0.05) is 36.4 Å². The minimum absolute atomic E-state index is 0.324. The van der Waals surface area contributed by atoms with Gasteiger partial charge in [0.2, 0.25) is 0 Å². The zero-order valence-electron chi connectivity index (χ0n) is 17.6. The van der Waals surface area contributed by atoms with Crippen molar-refractivity contribution in [2.24, 2.45) is 0 Å². The van der Waals surface area contributed by atoms with Gasteiger partial charge in [0, 0.05) is 32.1 Å². The Hall–Kier alpha value is -3.27. The number of hydrogen-bond donors (Lipinski definition) is 0. The maximum atomic E-state index is 11.2. The topological polar surface area (TPSA) is 38.8 Å². The third kappa shape index (κ3) is 4.27. The number of anilines is 1. The molecule has 1 atom stereocenters. The number of ether oxygens (including phenoxy) is 2. The Morgan fingerprint density at radius 1 is 0.759 bits per heavy atom. The summed E-state index contributed by atoms with van der Waals surface area (Å²) >= 11 is 0. The summed E-state index contributed by atoms with van der Waals surface area (Å²) in [6, 6.07) is 24.5. The van der Waals surface area contributed by atoms with Crippen molar-refractivity contribution in [3.8, 4) is 11.5 Å². The van der Waals surface area contributed by atoms with Gasteiger partial charge in [-0.05, 0) is 60.0 Å². The van der Waals surface area contributed by atoms with Gasteiger partial charge in [0.25, 0.3) is 0 Å². The van der Waals surface area contributed by atoms with Gasteiger partial charge in [-0.15, -0.1) is 0 Å². The summed E-state index contributed by atoms with van der Waals surface area (Å²) in [7, 11) is 5.73. The van der Waals surface area contributed by atoms with Crippen molar-refractivity contribution in [2.45, 2.75) is 19.3 Å². The van der Waals surface area contributed by atoms with E-state index in [2.05, 4.69) is 48.2 Å². The van der Waals surface area contributed by atoms with Crippen molar-refractivity contribution in [1.82, 2.24) is 0 Å². The van der Waals surface area contributed by atoms with Crippen LogP contribution in [0.1, 0.15) is 30.5 Å². The first kappa shape index (κ1) is 20.5. The molecule has 0 radical (unpaired) electrons. The highest BCUT2D eigenvalue weighted by atomic mass is 16.5. The second kappa shape index (κ2) is 8.39. The van der Waals surface area contributed by atoms with Crippen molar-refractivity contribution in [3.05, 3.63) is 89.5 Å². The molecule has 0 N–H and O–H groups in total. The molecule has 0 aliphatic rings. The molecule has 0 saturated heterocycles. The highest BCUT2D eigenvalue weighted by Gasteiger charge is 2.31. The van der Waals surface area contributed by atoms with Crippen molar-refractivity contribution < 1.29 is 14.3 Å². The quantitative estimate of drug-likeness (QED) is 0.336. The summed E-state index contributed by atoms with van der Waals surface area (Å²) in [5.74, 6) is 1.04. The van der Waals surface area contributed by atoms with E-state index in [-0.39, 0.29) is 11.4 Å². The molecule has 0 saturated carbocycles. The van der Waals surface area contributed by atoms with E-state index >= 15 is 0 Å². The second-order valence-corrected chi connectivity index (χ2v) is 7.41. The summed E-state index contributed by atoms with van der Waals surface area (Å²) in [4.78, 5) is 13.3. The van der Waals surface area contributed by atoms with Crippen molar-refractivity contribution in [3.63, 3.8) is 0 Å². The Morgan fingerprint density at radius 2 is 1.17 bits per heavy atom. The van der Waals surface area contributed by atoms with E-state index in [1.807, 2.05) is 50.5 Å². The molecule has 1 unspecified atom stereocenters. The SMILES string of the molecule is COc1ccc(C(C)(c2ccc(OC(C)=O)cc2)c2ccc(N(C)C)cc2)cc1. The average molecular weight is 389 g/mol. The number of carbonyl (C=O) groups is 1. The van der Waals surface area contributed by atoms with Gasteiger partial charge in [0.1, 0.15) is 11.5 Å². The van der Waals surface area contributed by atoms with Crippen LogP contribution < -0.4 is 14.4 Å². The van der Waals surface area contributed by atoms with Crippen LogP contribution in [0.4, 0.5) is 5.69 Å². The number of hydrogen-bond acceptors (Lipinski definition) is 4. The molecule has 3 aromatic carbocycles. The first-order valence-corrected chi connectivity index (χ1v) is 9.56. The van der Waals surface area contributed by atoms with E-state index in [0.717, 1.165) is 22.6 Å². The Kier molecular flexibility index (Phi) is 5.92. The van der Waals surface area contributed by atoms with Crippen LogP contribution in [0.5, 0.6) is 11.5 Å². The molecule has 0 aliphatic heterocycles. The van der Waals surface area contributed by atoms with Crippen LogP contribution in [0.2, 0.25) is 0 Å². The molecule has 0 bridgehead atoms. The maximum absolute atomic E-state index is 11.2. The summed E-state index contributed by atoms with van der Waals surface area (Å²) < 4.78 is 10.5. The average Bonchev–Trinajstić information content (AvgIpc) is 2.73. The lowest BCUT2D eigenvalue weighted by Gasteiger charge is -2.32. The number of methoxy groups -OCH3 is 1. The molecule has 3 aromatic rings. The molecule has 150 valence electrons. The Balaban J connectivity index is 2.11. The predicted molar refractivity (Wildman–Crippen MR) is 117 cm³/mol. The van der Waals surface area contributed by atoms with Gasteiger partial charge >= 0.3 is 5.97 Å². The lowest BCUT2D eigenvalue weighted by atomic mass is 9.71. The molecule has 0 aromatic heterocycles. The molecule has 3 rings (SSSR count). The number of rotatable bonds is 6. The van der Waals surface area contributed by atoms with Crippen molar-refractivity contribution >= 4 is 11.7 Å². The van der Waals surface area contributed by atoms with E-state index in [9.17, 15) is 4.79 Å². The van der Waals surface area contributed by atoms with Gasteiger partial charge < -0.3 is 14.4 Å². The lowest BCUT2D eigenvalue weighted by molar-refractivity contribution is -0.131. The Labute approximate surface area is 172 Å². The zero-order valence-corrected chi connectivity index (χ0v) is 17.6. The van der Waals surface area contributed by atoms with Crippen LogP contribution in [0.15, 0.2) is 72.8 Å². The molecule has 29 heavy (non-hydrogen) atoms. The van der Waals surface area contributed by atoms with E-state index in [1.54, 1.807) is 7.11 Å². The van der Waals surface area contributed by atoms with Gasteiger partial charge in [-0.3, -0.25) is 4.79 Å². The van der Waals surface area contributed by atoms with Crippen LogP contribution in [0.3, 0.4) is 0 Å². The zero-order chi connectivity index (χ0) is 21.0. The summed E-state index contributed by atoms with van der Waals surface area (Å²) in [6.07, 6.45) is 0. The minimum atomic E-state index is -0.383. The van der Waals surface area contributed by atoms with Crippen LogP contribution in [-0.4, -0.2) is 27.2 Å². The fraction of sp³-hybridized carbons (Fsp3) is 0.240. The fourth-order valence-corrected chi connectivity index (χ4v) is 3.54. The van der Waals surface area contributed by atoms with Crippen molar-refractivity contribution in [1.29, 1.82) is 0 Å². The van der Waals surface area contributed by atoms with E-state index in [1.165, 1.54) is 12.5 Å². The van der Waals surface area contributed by atoms with E-state index < -0.39 is 0 Å². The van der Waals surface area contributed by atoms with E-state index in [0.29, 0.717) is 5.75 Å². The van der Waals surface area contributed by atoms with Gasteiger partial charge in [-0.25, -0.2) is 0 Å². The maximum Gasteiger partial charge on any atom is 0.308 e. The monoisotopic (exact) mass is 389 g/mol. The minimum Gasteiger partial charge on any atom is -0.497 e. The largest absolute Gasteiger partial charge is 0.497 e. The second-order valence-electron chi connectivity index (χ2n) is 7.41. The Bertz CT molecular complexity index is 960. The normalized spacial score (nSPS) is 12.7. The van der Waals surface area contributed by atoms with Crippen LogP contribution in [-0.2, 0) is 10.2 Å². The van der Waals surface area contributed by atoms with Crippen LogP contribution in [0.25, 0.3) is 0 Å². The number of carbonyl (C=O) groups excluding carboxylic acids is 1. The van der Waals surface area contributed by atoms with E-state index in [4.69, 9.17) is 9.47 Å². The van der Waals surface area contributed by atoms with Crippen molar-refractivity contribution in [2.75, 3.05) is 26.1 Å². The standard InChI is InChI=1S/C25H27NO3/c1-18(27)29-24-16-10-21(11-17-24)25(2,20-8-14-23(28-5)15-9-20)19-6-12-22(13-7-19)26(3)4/h6-17H,1-5H3. The van der Waals surface area contributed by atoms with Gasteiger partial charge in [-0.2, -0.15) is 0 Å². The highest BCUT2D eigenvalue weighted by Crippen LogP contribution is 2.40. The molecule has 0 heterocycles. The number of esters is 1. The fourth-order valence-electron chi connectivity index (χ4n) is 3.54. The van der Waals surface area contributed by atoms with Crippen LogP contribution >= 0.6 is 0 Å². The summed E-state index contributed by atoms with van der Waals surface area (Å²) in [5.41, 5.74) is 4.20. The third-order valence-electron chi connectivity index (χ3n) is 5.32. The first-order valence-electron chi connectivity index (χ1n) is 9.56. The molecule has 0 spiro atoms. The molecular formula is C25H27NO3. The number of nitrogens with zero attached hydrogens (tertiary/aromatic N) is 1. The molecular weight excluding hydrogens is 362 g/mol. The number of benzene rings is 3. The molecule has 4 nitrogen and oxygen atoms in total. The van der Waals surface area contributed by atoms with Gasteiger partial charge in [0.15, 0.2) is 0 Å². The van der Waals surface area contributed by atoms with Crippen LogP contribution in [0, 0.1) is 0 Å². The summed E-state index contributed by atoms with van der Waals surface area (Å²) in [5, 5.41) is 0. The highest BCUT2D eigenvalue weighted by molar-refractivity contribution is 5.69. The molecule has 0 fully saturated rings. The molecule has 4 heteroatoms. The lowest BCUT2D eigenvalue weighted by Crippen LogP contribution is -2.25. The predicted octanol–water partition coefficient (Wildman–Crippen LogP) is 5.04. The summed E-state index contributed by atoms with van der Waals surface area (Å²) in [6.45, 7) is 3.61. The first-order chi connectivity index (χ1) is 13.8. The smallest absolute Gasteiger partial charge is 0.308 e.